The van der Waals surface area contributed by atoms with Gasteiger partial charge in [0.25, 0.3) is 11.8 Å². The normalized spacial score (nSPS) is 11.1. The second-order valence-corrected chi connectivity index (χ2v) is 7.48. The molecule has 2 N–H and O–H groups in total. The number of benzene rings is 3. The van der Waals surface area contributed by atoms with Crippen molar-refractivity contribution in [3.8, 4) is 11.5 Å². The van der Waals surface area contributed by atoms with E-state index in [1.807, 2.05) is 0 Å². The number of anilines is 2. The fourth-order valence-corrected chi connectivity index (χ4v) is 2.94. The molecular weight excluding hydrogens is 460 g/mol. The largest absolute Gasteiger partial charge is 0.513 e. The smallest absolute Gasteiger partial charge is 0.481 e. The van der Waals surface area contributed by atoms with E-state index in [-0.39, 0.29) is 24.2 Å². The van der Waals surface area contributed by atoms with Crippen molar-refractivity contribution in [2.75, 3.05) is 17.2 Å². The Morgan fingerprint density at radius 2 is 1.50 bits per heavy atom. The first-order chi connectivity index (χ1) is 16.3. The highest BCUT2D eigenvalue weighted by molar-refractivity contribution is 6.30. The van der Waals surface area contributed by atoms with Crippen LogP contribution in [0.2, 0.25) is 5.02 Å². The Hall–Kier alpha value is -4.04. The van der Waals surface area contributed by atoms with Gasteiger partial charge in [-0.3, -0.25) is 9.59 Å². The van der Waals surface area contributed by atoms with E-state index in [4.69, 9.17) is 25.8 Å². The zero-order valence-corrected chi connectivity index (χ0v) is 19.3. The van der Waals surface area contributed by atoms with Gasteiger partial charge in [-0.15, -0.1) is 0 Å². The summed E-state index contributed by atoms with van der Waals surface area (Å²) in [5, 5.41) is 6.09. The summed E-state index contributed by atoms with van der Waals surface area (Å²) in [7, 11) is 0. The molecule has 3 aromatic carbocycles. The van der Waals surface area contributed by atoms with Gasteiger partial charge in [-0.1, -0.05) is 17.7 Å². The minimum atomic E-state index is -0.813. The van der Waals surface area contributed by atoms with Crippen LogP contribution in [0.25, 0.3) is 0 Å². The molecule has 0 spiro atoms. The van der Waals surface area contributed by atoms with Gasteiger partial charge < -0.3 is 24.8 Å². The average Bonchev–Trinajstić information content (AvgIpc) is 2.81. The maximum absolute atomic E-state index is 12.6. The van der Waals surface area contributed by atoms with Crippen molar-refractivity contribution in [3.05, 3.63) is 83.4 Å². The molecular formula is C25H23ClN2O6. The number of halogens is 1. The third-order valence-corrected chi connectivity index (χ3v) is 4.72. The van der Waals surface area contributed by atoms with Gasteiger partial charge in [-0.05, 0) is 80.6 Å². The van der Waals surface area contributed by atoms with E-state index in [2.05, 4.69) is 10.6 Å². The number of hydrogen-bond acceptors (Lipinski definition) is 6. The van der Waals surface area contributed by atoms with Crippen LogP contribution in [-0.2, 0) is 9.53 Å². The summed E-state index contributed by atoms with van der Waals surface area (Å²) in [4.78, 5) is 36.4. The molecule has 0 saturated carbocycles. The molecule has 0 aliphatic carbocycles. The lowest BCUT2D eigenvalue weighted by Crippen LogP contribution is -2.30. The highest BCUT2D eigenvalue weighted by Crippen LogP contribution is 2.20. The Bertz CT molecular complexity index is 1150. The van der Waals surface area contributed by atoms with Crippen molar-refractivity contribution in [1.82, 2.24) is 0 Å². The van der Waals surface area contributed by atoms with E-state index in [0.29, 0.717) is 27.7 Å². The number of carbonyl (C=O) groups excluding carboxylic acids is 3. The SMILES string of the molecule is CCOC(=O)Oc1ccc(C(=O)Nc2cccc(NC(=O)C(C)Oc3ccc(Cl)cc3)c2)cc1. The van der Waals surface area contributed by atoms with Crippen LogP contribution in [0.3, 0.4) is 0 Å². The first-order valence-electron chi connectivity index (χ1n) is 10.4. The van der Waals surface area contributed by atoms with Gasteiger partial charge in [-0.25, -0.2) is 4.79 Å². The third kappa shape index (κ3) is 7.25. The van der Waals surface area contributed by atoms with E-state index in [9.17, 15) is 14.4 Å². The van der Waals surface area contributed by atoms with E-state index >= 15 is 0 Å². The topological polar surface area (TPSA) is 103 Å². The Labute approximate surface area is 201 Å². The van der Waals surface area contributed by atoms with Gasteiger partial charge in [0.2, 0.25) is 0 Å². The molecule has 0 bridgehead atoms. The lowest BCUT2D eigenvalue weighted by atomic mass is 10.2. The second-order valence-electron chi connectivity index (χ2n) is 7.05. The van der Waals surface area contributed by atoms with Crippen LogP contribution in [0.1, 0.15) is 24.2 Å². The molecule has 0 fully saturated rings. The van der Waals surface area contributed by atoms with Crippen LogP contribution < -0.4 is 20.1 Å². The van der Waals surface area contributed by atoms with Crippen LogP contribution in [-0.4, -0.2) is 30.7 Å². The Morgan fingerprint density at radius 1 is 0.882 bits per heavy atom. The summed E-state index contributed by atoms with van der Waals surface area (Å²) < 4.78 is 15.3. The lowest BCUT2D eigenvalue weighted by molar-refractivity contribution is -0.122. The molecule has 1 unspecified atom stereocenters. The minimum Gasteiger partial charge on any atom is -0.481 e. The fourth-order valence-electron chi connectivity index (χ4n) is 2.81. The number of ether oxygens (including phenoxy) is 3. The van der Waals surface area contributed by atoms with E-state index < -0.39 is 12.3 Å². The molecule has 34 heavy (non-hydrogen) atoms. The highest BCUT2D eigenvalue weighted by Gasteiger charge is 2.15. The van der Waals surface area contributed by atoms with Gasteiger partial charge in [0.05, 0.1) is 6.61 Å². The maximum Gasteiger partial charge on any atom is 0.513 e. The van der Waals surface area contributed by atoms with Crippen molar-refractivity contribution in [1.29, 1.82) is 0 Å². The fraction of sp³-hybridized carbons (Fsp3) is 0.160. The van der Waals surface area contributed by atoms with E-state index in [0.717, 1.165) is 0 Å². The van der Waals surface area contributed by atoms with Gasteiger partial charge >= 0.3 is 6.16 Å². The van der Waals surface area contributed by atoms with Gasteiger partial charge in [0, 0.05) is 22.0 Å². The average molecular weight is 483 g/mol. The maximum atomic E-state index is 12.6. The molecule has 0 aliphatic heterocycles. The Balaban J connectivity index is 1.57. The number of nitrogens with one attached hydrogen (secondary N) is 2. The molecule has 0 radical (unpaired) electrons. The Morgan fingerprint density at radius 3 is 2.15 bits per heavy atom. The molecule has 3 rings (SSSR count). The highest BCUT2D eigenvalue weighted by atomic mass is 35.5. The van der Waals surface area contributed by atoms with Crippen LogP contribution in [0.4, 0.5) is 16.2 Å². The van der Waals surface area contributed by atoms with Crippen LogP contribution in [0, 0.1) is 0 Å². The quantitative estimate of drug-likeness (QED) is 0.323. The zero-order chi connectivity index (χ0) is 24.5. The summed E-state index contributed by atoms with van der Waals surface area (Å²) >= 11 is 5.86. The first kappa shape index (κ1) is 24.6. The molecule has 1 atom stereocenters. The molecule has 0 aromatic heterocycles. The monoisotopic (exact) mass is 482 g/mol. The summed E-state index contributed by atoms with van der Waals surface area (Å²) in [5.74, 6) is 0.0580. The second kappa shape index (κ2) is 11.7. The molecule has 0 saturated heterocycles. The van der Waals surface area contributed by atoms with Crippen LogP contribution in [0.15, 0.2) is 72.8 Å². The summed E-state index contributed by atoms with van der Waals surface area (Å²) in [5.41, 5.74) is 1.34. The van der Waals surface area contributed by atoms with E-state index in [1.165, 1.54) is 24.3 Å². The predicted molar refractivity (Wildman–Crippen MR) is 129 cm³/mol. The van der Waals surface area contributed by atoms with Crippen molar-refractivity contribution >= 4 is 40.9 Å². The number of amides is 2. The third-order valence-electron chi connectivity index (χ3n) is 4.46. The van der Waals surface area contributed by atoms with Crippen molar-refractivity contribution < 1.29 is 28.6 Å². The van der Waals surface area contributed by atoms with Crippen molar-refractivity contribution in [2.45, 2.75) is 20.0 Å². The molecule has 9 heteroatoms. The molecule has 3 aromatic rings. The van der Waals surface area contributed by atoms with E-state index in [1.54, 1.807) is 62.4 Å². The van der Waals surface area contributed by atoms with Gasteiger partial charge in [-0.2, -0.15) is 0 Å². The molecule has 8 nitrogen and oxygen atoms in total. The van der Waals surface area contributed by atoms with Crippen LogP contribution >= 0.6 is 11.6 Å². The Kier molecular flexibility index (Phi) is 8.48. The molecule has 0 heterocycles. The lowest BCUT2D eigenvalue weighted by Gasteiger charge is -2.15. The van der Waals surface area contributed by atoms with Crippen molar-refractivity contribution in [2.24, 2.45) is 0 Å². The number of rotatable bonds is 8. The zero-order valence-electron chi connectivity index (χ0n) is 18.5. The first-order valence-corrected chi connectivity index (χ1v) is 10.8. The summed E-state index contributed by atoms with van der Waals surface area (Å²) in [6.07, 6.45) is -1.57. The van der Waals surface area contributed by atoms with Gasteiger partial charge in [0.15, 0.2) is 6.10 Å². The minimum absolute atomic E-state index is 0.202. The van der Waals surface area contributed by atoms with Crippen LogP contribution in [0.5, 0.6) is 11.5 Å². The molecule has 0 aliphatic rings. The number of hydrogen-bond donors (Lipinski definition) is 2. The number of carbonyl (C=O) groups is 3. The molecule has 176 valence electrons. The van der Waals surface area contributed by atoms with Crippen molar-refractivity contribution in [3.63, 3.8) is 0 Å². The summed E-state index contributed by atoms with van der Waals surface area (Å²) in [6, 6.07) is 19.4. The van der Waals surface area contributed by atoms with Gasteiger partial charge in [0.1, 0.15) is 11.5 Å². The summed E-state index contributed by atoms with van der Waals surface area (Å²) in [6.45, 7) is 3.50. The molecule has 2 amide bonds. The standard InChI is InChI=1S/C25H23ClN2O6/c1-3-32-25(31)34-22-11-7-17(8-12-22)24(30)28-20-6-4-5-19(15-20)27-23(29)16(2)33-21-13-9-18(26)10-14-21/h4-16H,3H2,1-2H3,(H,27,29)(H,28,30). The predicted octanol–water partition coefficient (Wildman–Crippen LogP) is 5.53.